The van der Waals surface area contributed by atoms with E-state index < -0.39 is 0 Å². The van der Waals surface area contributed by atoms with Crippen LogP contribution in [0.5, 0.6) is 0 Å². The van der Waals surface area contributed by atoms with Crippen LogP contribution in [0.2, 0.25) is 0 Å². The molecule has 0 radical (unpaired) electrons. The SMILES string of the molecule is CCN1CCC(CNCC2CCC(C)CC2)C1. The van der Waals surface area contributed by atoms with Crippen molar-refractivity contribution in [1.29, 1.82) is 0 Å². The quantitative estimate of drug-likeness (QED) is 0.792. The van der Waals surface area contributed by atoms with E-state index in [1.165, 1.54) is 64.8 Å². The molecule has 1 N–H and O–H groups in total. The van der Waals surface area contributed by atoms with Gasteiger partial charge in [-0.15, -0.1) is 0 Å². The van der Waals surface area contributed by atoms with Crippen LogP contribution in [0.25, 0.3) is 0 Å². The third kappa shape index (κ3) is 4.26. The third-order valence-electron chi connectivity index (χ3n) is 4.82. The summed E-state index contributed by atoms with van der Waals surface area (Å²) in [6.45, 7) is 11.1. The van der Waals surface area contributed by atoms with Crippen LogP contribution in [0.15, 0.2) is 0 Å². The molecule has 17 heavy (non-hydrogen) atoms. The molecule has 1 unspecified atom stereocenters. The highest BCUT2D eigenvalue weighted by Crippen LogP contribution is 2.27. The first-order chi connectivity index (χ1) is 8.28. The monoisotopic (exact) mass is 238 g/mol. The summed E-state index contributed by atoms with van der Waals surface area (Å²) in [5, 5.41) is 3.73. The zero-order valence-electron chi connectivity index (χ0n) is 11.8. The van der Waals surface area contributed by atoms with Gasteiger partial charge in [-0.2, -0.15) is 0 Å². The molecule has 2 heteroatoms. The Morgan fingerprint density at radius 1 is 1.00 bits per heavy atom. The molecule has 100 valence electrons. The largest absolute Gasteiger partial charge is 0.316 e. The molecule has 0 aromatic rings. The number of nitrogens with one attached hydrogen (secondary N) is 1. The Bertz CT molecular complexity index is 207. The lowest BCUT2D eigenvalue weighted by molar-refractivity contribution is 0.276. The Morgan fingerprint density at radius 2 is 1.71 bits per heavy atom. The van der Waals surface area contributed by atoms with Crippen LogP contribution >= 0.6 is 0 Å². The highest BCUT2D eigenvalue weighted by Gasteiger charge is 2.22. The molecule has 2 fully saturated rings. The molecular formula is C15H30N2. The molecule has 2 aliphatic rings. The van der Waals surface area contributed by atoms with Gasteiger partial charge in [-0.25, -0.2) is 0 Å². The first-order valence-electron chi connectivity index (χ1n) is 7.71. The van der Waals surface area contributed by atoms with Gasteiger partial charge in [-0.3, -0.25) is 0 Å². The Hall–Kier alpha value is -0.0800. The molecule has 0 spiro atoms. The van der Waals surface area contributed by atoms with Crippen LogP contribution in [-0.4, -0.2) is 37.6 Å². The van der Waals surface area contributed by atoms with Crippen LogP contribution in [-0.2, 0) is 0 Å². The first kappa shape index (κ1) is 13.4. The molecule has 2 rings (SSSR count). The lowest BCUT2D eigenvalue weighted by Crippen LogP contribution is -2.31. The average molecular weight is 238 g/mol. The van der Waals surface area contributed by atoms with Gasteiger partial charge in [0.05, 0.1) is 0 Å². The minimum absolute atomic E-state index is 0.914. The van der Waals surface area contributed by atoms with Crippen molar-refractivity contribution in [3.8, 4) is 0 Å². The van der Waals surface area contributed by atoms with E-state index in [1.54, 1.807) is 0 Å². The fourth-order valence-corrected chi connectivity index (χ4v) is 3.39. The van der Waals surface area contributed by atoms with Gasteiger partial charge in [-0.05, 0) is 63.2 Å². The Balaban J connectivity index is 1.54. The molecule has 1 aliphatic heterocycles. The Kier molecular flexibility index (Phi) is 5.30. The van der Waals surface area contributed by atoms with Crippen molar-refractivity contribution in [2.24, 2.45) is 17.8 Å². The van der Waals surface area contributed by atoms with E-state index in [1.807, 2.05) is 0 Å². The predicted molar refractivity (Wildman–Crippen MR) is 74.2 cm³/mol. The van der Waals surface area contributed by atoms with Gasteiger partial charge in [0.2, 0.25) is 0 Å². The summed E-state index contributed by atoms with van der Waals surface area (Å²) in [5.41, 5.74) is 0. The van der Waals surface area contributed by atoms with Crippen LogP contribution in [0.4, 0.5) is 0 Å². The molecular weight excluding hydrogens is 208 g/mol. The molecule has 1 atom stereocenters. The molecule has 1 heterocycles. The van der Waals surface area contributed by atoms with E-state index in [4.69, 9.17) is 0 Å². The van der Waals surface area contributed by atoms with Crippen LogP contribution in [0.1, 0.15) is 46.0 Å². The van der Waals surface area contributed by atoms with E-state index in [2.05, 4.69) is 24.1 Å². The third-order valence-corrected chi connectivity index (χ3v) is 4.82. The van der Waals surface area contributed by atoms with Gasteiger partial charge in [-0.1, -0.05) is 26.7 Å². The summed E-state index contributed by atoms with van der Waals surface area (Å²) in [5.74, 6) is 2.87. The Morgan fingerprint density at radius 3 is 2.35 bits per heavy atom. The smallest absolute Gasteiger partial charge is 0.00222 e. The molecule has 0 aromatic heterocycles. The number of hydrogen-bond acceptors (Lipinski definition) is 2. The second kappa shape index (κ2) is 6.75. The molecule has 1 saturated heterocycles. The maximum absolute atomic E-state index is 3.73. The van der Waals surface area contributed by atoms with Crippen molar-refractivity contribution in [3.05, 3.63) is 0 Å². The van der Waals surface area contributed by atoms with Crippen molar-refractivity contribution in [3.63, 3.8) is 0 Å². The second-order valence-electron chi connectivity index (χ2n) is 6.33. The van der Waals surface area contributed by atoms with Gasteiger partial charge < -0.3 is 10.2 Å². The van der Waals surface area contributed by atoms with Gasteiger partial charge >= 0.3 is 0 Å². The zero-order valence-corrected chi connectivity index (χ0v) is 11.8. The zero-order chi connectivity index (χ0) is 12.1. The fraction of sp³-hybridized carbons (Fsp3) is 1.00. The lowest BCUT2D eigenvalue weighted by Gasteiger charge is -2.26. The van der Waals surface area contributed by atoms with Crippen LogP contribution in [0.3, 0.4) is 0 Å². The van der Waals surface area contributed by atoms with Gasteiger partial charge in [0.25, 0.3) is 0 Å². The summed E-state index contributed by atoms with van der Waals surface area (Å²) < 4.78 is 0. The topological polar surface area (TPSA) is 15.3 Å². The molecule has 0 amide bonds. The average Bonchev–Trinajstić information content (AvgIpc) is 2.80. The number of likely N-dealkylation sites (tertiary alicyclic amines) is 1. The molecule has 0 aromatic carbocycles. The highest BCUT2D eigenvalue weighted by atomic mass is 15.1. The van der Waals surface area contributed by atoms with E-state index >= 15 is 0 Å². The number of nitrogens with zero attached hydrogens (tertiary/aromatic N) is 1. The van der Waals surface area contributed by atoms with Crippen molar-refractivity contribution in [2.75, 3.05) is 32.7 Å². The normalized spacial score (nSPS) is 35.3. The van der Waals surface area contributed by atoms with Crippen LogP contribution < -0.4 is 5.32 Å². The van der Waals surface area contributed by atoms with E-state index in [9.17, 15) is 0 Å². The fourth-order valence-electron chi connectivity index (χ4n) is 3.39. The summed E-state index contributed by atoms with van der Waals surface area (Å²) in [4.78, 5) is 2.58. The summed E-state index contributed by atoms with van der Waals surface area (Å²) in [6.07, 6.45) is 7.24. The van der Waals surface area contributed by atoms with Crippen molar-refractivity contribution in [2.45, 2.75) is 46.0 Å². The lowest BCUT2D eigenvalue weighted by atomic mass is 9.83. The Labute approximate surface area is 107 Å². The van der Waals surface area contributed by atoms with E-state index in [0.717, 1.165) is 17.8 Å². The molecule has 0 bridgehead atoms. The predicted octanol–water partition coefficient (Wildman–Crippen LogP) is 2.74. The minimum atomic E-state index is 0.914. The number of rotatable bonds is 5. The first-order valence-corrected chi connectivity index (χ1v) is 7.71. The maximum atomic E-state index is 3.73. The minimum Gasteiger partial charge on any atom is -0.316 e. The molecule has 1 aliphatic carbocycles. The highest BCUT2D eigenvalue weighted by molar-refractivity contribution is 4.77. The van der Waals surface area contributed by atoms with Crippen molar-refractivity contribution < 1.29 is 0 Å². The van der Waals surface area contributed by atoms with E-state index in [-0.39, 0.29) is 0 Å². The van der Waals surface area contributed by atoms with Crippen LogP contribution in [0, 0.1) is 17.8 Å². The second-order valence-corrected chi connectivity index (χ2v) is 6.33. The number of hydrogen-bond donors (Lipinski definition) is 1. The van der Waals surface area contributed by atoms with Gasteiger partial charge in [0.1, 0.15) is 0 Å². The summed E-state index contributed by atoms with van der Waals surface area (Å²) in [7, 11) is 0. The van der Waals surface area contributed by atoms with E-state index in [0.29, 0.717) is 0 Å². The molecule has 1 saturated carbocycles. The van der Waals surface area contributed by atoms with Crippen molar-refractivity contribution >= 4 is 0 Å². The van der Waals surface area contributed by atoms with Gasteiger partial charge in [0.15, 0.2) is 0 Å². The standard InChI is InChI=1S/C15H30N2/c1-3-17-9-8-15(12-17)11-16-10-14-6-4-13(2)5-7-14/h13-16H,3-12H2,1-2H3. The maximum Gasteiger partial charge on any atom is 0.00222 e. The molecule has 2 nitrogen and oxygen atoms in total. The summed E-state index contributed by atoms with van der Waals surface area (Å²) in [6, 6.07) is 0. The van der Waals surface area contributed by atoms with Crippen molar-refractivity contribution in [1.82, 2.24) is 10.2 Å². The van der Waals surface area contributed by atoms with Gasteiger partial charge in [0, 0.05) is 6.54 Å². The summed E-state index contributed by atoms with van der Waals surface area (Å²) >= 11 is 0.